The van der Waals surface area contributed by atoms with Gasteiger partial charge in [0.1, 0.15) is 0 Å². The highest BCUT2D eigenvalue weighted by atomic mass is 19.4. The predicted molar refractivity (Wildman–Crippen MR) is 82.0 cm³/mol. The van der Waals surface area contributed by atoms with E-state index < -0.39 is 12.6 Å². The number of rotatable bonds is 5. The van der Waals surface area contributed by atoms with Crippen molar-refractivity contribution in [3.63, 3.8) is 0 Å². The third kappa shape index (κ3) is 4.15. The number of hydrogen-bond donors (Lipinski definition) is 1. The Morgan fingerprint density at radius 2 is 2.05 bits per heavy atom. The quantitative estimate of drug-likeness (QED) is 0.876. The minimum Gasteiger partial charge on any atom is -0.381 e. The van der Waals surface area contributed by atoms with Gasteiger partial charge in [0.25, 0.3) is 0 Å². The van der Waals surface area contributed by atoms with Gasteiger partial charge in [0, 0.05) is 36.8 Å². The largest absolute Gasteiger partial charge is 0.389 e. The fourth-order valence-corrected chi connectivity index (χ4v) is 3.41. The molecule has 0 bridgehead atoms. The first-order valence-electron chi connectivity index (χ1n) is 8.09. The van der Waals surface area contributed by atoms with Gasteiger partial charge in [-0.25, -0.2) is 0 Å². The molecule has 1 aromatic carbocycles. The second kappa shape index (κ2) is 6.11. The molecule has 2 atom stereocenters. The van der Waals surface area contributed by atoms with E-state index in [1.807, 2.05) is 18.2 Å². The summed E-state index contributed by atoms with van der Waals surface area (Å²) in [7, 11) is 0. The molecular formula is C17H23F3N2. The van der Waals surface area contributed by atoms with Crippen LogP contribution < -0.4 is 5.32 Å². The van der Waals surface area contributed by atoms with Gasteiger partial charge in [0.15, 0.2) is 0 Å². The van der Waals surface area contributed by atoms with Gasteiger partial charge in [-0.1, -0.05) is 12.1 Å². The molecule has 2 aliphatic rings. The highest BCUT2D eigenvalue weighted by molar-refractivity contribution is 5.47. The maximum Gasteiger partial charge on any atom is 0.389 e. The highest BCUT2D eigenvalue weighted by Gasteiger charge is 2.38. The van der Waals surface area contributed by atoms with Crippen molar-refractivity contribution in [2.75, 3.05) is 11.9 Å². The van der Waals surface area contributed by atoms with Gasteiger partial charge in [-0.15, -0.1) is 0 Å². The lowest BCUT2D eigenvalue weighted by Crippen LogP contribution is -2.31. The lowest BCUT2D eigenvalue weighted by atomic mass is 10.1. The third-order valence-electron chi connectivity index (χ3n) is 4.63. The average molecular weight is 312 g/mol. The van der Waals surface area contributed by atoms with Crippen LogP contribution in [0.2, 0.25) is 0 Å². The van der Waals surface area contributed by atoms with E-state index in [1.54, 1.807) is 6.07 Å². The molecule has 0 radical (unpaired) electrons. The van der Waals surface area contributed by atoms with E-state index in [0.29, 0.717) is 12.1 Å². The average Bonchev–Trinajstić information content (AvgIpc) is 3.21. The lowest BCUT2D eigenvalue weighted by Gasteiger charge is -2.20. The second-order valence-electron chi connectivity index (χ2n) is 6.67. The zero-order chi connectivity index (χ0) is 15.7. The number of alkyl halides is 3. The summed E-state index contributed by atoms with van der Waals surface area (Å²) in [6.07, 6.45) is -1.08. The molecular weight excluding hydrogens is 289 g/mol. The number of benzene rings is 1. The summed E-state index contributed by atoms with van der Waals surface area (Å²) < 4.78 is 36.9. The number of aryl methyl sites for hydroxylation is 1. The molecule has 1 aliphatic heterocycles. The van der Waals surface area contributed by atoms with E-state index in [2.05, 4.69) is 17.1 Å². The van der Waals surface area contributed by atoms with Crippen molar-refractivity contribution in [3.05, 3.63) is 29.8 Å². The fraction of sp³-hybridized carbons (Fsp3) is 0.647. The zero-order valence-electron chi connectivity index (χ0n) is 12.9. The summed E-state index contributed by atoms with van der Waals surface area (Å²) in [5.41, 5.74) is 1.68. The summed E-state index contributed by atoms with van der Waals surface area (Å²) in [6, 6.07) is 9.17. The molecule has 0 aromatic heterocycles. The first-order valence-corrected chi connectivity index (χ1v) is 8.09. The predicted octanol–water partition coefficient (Wildman–Crippen LogP) is 4.22. The molecule has 2 nitrogen and oxygen atoms in total. The number of nitrogens with zero attached hydrogens (tertiary/aromatic N) is 1. The maximum absolute atomic E-state index is 12.3. The monoisotopic (exact) mass is 312 g/mol. The number of nitrogens with one attached hydrogen (secondary N) is 1. The van der Waals surface area contributed by atoms with Crippen molar-refractivity contribution in [3.8, 4) is 0 Å². The lowest BCUT2D eigenvalue weighted by molar-refractivity contribution is -0.133. The molecule has 0 unspecified atom stereocenters. The Labute approximate surface area is 129 Å². The Bertz CT molecular complexity index is 511. The molecule has 0 spiro atoms. The van der Waals surface area contributed by atoms with Crippen molar-refractivity contribution in [2.24, 2.45) is 0 Å². The molecule has 5 heteroatoms. The van der Waals surface area contributed by atoms with Crippen molar-refractivity contribution >= 4 is 5.69 Å². The van der Waals surface area contributed by atoms with Crippen LogP contribution in [-0.2, 0) is 6.42 Å². The van der Waals surface area contributed by atoms with Gasteiger partial charge < -0.3 is 5.32 Å². The summed E-state index contributed by atoms with van der Waals surface area (Å²) in [4.78, 5) is 2.56. The normalized spacial score (nSPS) is 26.4. The van der Waals surface area contributed by atoms with Crippen LogP contribution >= 0.6 is 0 Å². The van der Waals surface area contributed by atoms with E-state index in [4.69, 9.17) is 0 Å². The first kappa shape index (κ1) is 15.7. The van der Waals surface area contributed by atoms with Crippen LogP contribution in [0.5, 0.6) is 0 Å². The molecule has 122 valence electrons. The van der Waals surface area contributed by atoms with Crippen LogP contribution in [0.15, 0.2) is 24.3 Å². The van der Waals surface area contributed by atoms with Crippen molar-refractivity contribution in [1.82, 2.24) is 4.90 Å². The topological polar surface area (TPSA) is 15.3 Å². The van der Waals surface area contributed by atoms with Gasteiger partial charge in [-0.05, 0) is 50.3 Å². The summed E-state index contributed by atoms with van der Waals surface area (Å²) in [5, 5.41) is 3.50. The molecule has 1 aromatic rings. The standard InChI is InChI=1S/C17H23F3N2/c1-12-9-15(11-22(12)16-5-6-16)21-14-4-2-3-13(10-14)7-8-17(18,19)20/h2-4,10,12,15-16,21H,5-9,11H2,1H3/t12-,15+/m0/s1. The van der Waals surface area contributed by atoms with Crippen LogP contribution in [0.1, 0.15) is 38.2 Å². The molecule has 0 amide bonds. The van der Waals surface area contributed by atoms with Crippen molar-refractivity contribution in [2.45, 2.75) is 63.3 Å². The number of hydrogen-bond acceptors (Lipinski definition) is 2. The Balaban J connectivity index is 1.56. The van der Waals surface area contributed by atoms with Crippen LogP contribution in [0, 0.1) is 0 Å². The van der Waals surface area contributed by atoms with Gasteiger partial charge >= 0.3 is 6.18 Å². The van der Waals surface area contributed by atoms with E-state index in [-0.39, 0.29) is 6.42 Å². The minimum absolute atomic E-state index is 0.0499. The Morgan fingerprint density at radius 1 is 1.27 bits per heavy atom. The molecule has 1 aliphatic carbocycles. The van der Waals surface area contributed by atoms with Crippen LogP contribution in [0.25, 0.3) is 0 Å². The summed E-state index contributed by atoms with van der Waals surface area (Å²) in [5.74, 6) is 0. The van der Waals surface area contributed by atoms with Gasteiger partial charge in [0.05, 0.1) is 0 Å². The van der Waals surface area contributed by atoms with Gasteiger partial charge in [-0.3, -0.25) is 4.90 Å². The minimum atomic E-state index is -4.09. The van der Waals surface area contributed by atoms with E-state index >= 15 is 0 Å². The number of halogens is 3. The molecule has 1 heterocycles. The Morgan fingerprint density at radius 3 is 2.73 bits per heavy atom. The SMILES string of the molecule is C[C@H]1C[C@@H](Nc2cccc(CCC(F)(F)F)c2)CN1C1CC1. The van der Waals surface area contributed by atoms with Crippen molar-refractivity contribution < 1.29 is 13.2 Å². The van der Waals surface area contributed by atoms with E-state index in [9.17, 15) is 13.2 Å². The third-order valence-corrected chi connectivity index (χ3v) is 4.63. The Kier molecular flexibility index (Phi) is 4.35. The van der Waals surface area contributed by atoms with Crippen LogP contribution in [0.4, 0.5) is 18.9 Å². The molecule has 1 N–H and O–H groups in total. The fourth-order valence-electron chi connectivity index (χ4n) is 3.41. The molecule has 2 fully saturated rings. The Hall–Kier alpha value is -1.23. The molecule has 1 saturated heterocycles. The molecule has 1 saturated carbocycles. The second-order valence-corrected chi connectivity index (χ2v) is 6.67. The van der Waals surface area contributed by atoms with E-state index in [0.717, 1.165) is 30.3 Å². The molecule has 3 rings (SSSR count). The van der Waals surface area contributed by atoms with Crippen molar-refractivity contribution in [1.29, 1.82) is 0 Å². The summed E-state index contributed by atoms with van der Waals surface area (Å²) in [6.45, 7) is 3.30. The highest BCUT2D eigenvalue weighted by Crippen LogP contribution is 2.34. The zero-order valence-corrected chi connectivity index (χ0v) is 12.9. The first-order chi connectivity index (χ1) is 10.4. The number of anilines is 1. The van der Waals surface area contributed by atoms with Gasteiger partial charge in [0.2, 0.25) is 0 Å². The maximum atomic E-state index is 12.3. The number of likely N-dealkylation sites (tertiary alicyclic amines) is 1. The summed E-state index contributed by atoms with van der Waals surface area (Å²) >= 11 is 0. The smallest absolute Gasteiger partial charge is 0.381 e. The van der Waals surface area contributed by atoms with E-state index in [1.165, 1.54) is 12.8 Å². The molecule has 22 heavy (non-hydrogen) atoms. The van der Waals surface area contributed by atoms with Crippen LogP contribution in [0.3, 0.4) is 0 Å². The van der Waals surface area contributed by atoms with Gasteiger partial charge in [-0.2, -0.15) is 13.2 Å². The van der Waals surface area contributed by atoms with Crippen LogP contribution in [-0.4, -0.2) is 35.7 Å².